The van der Waals surface area contributed by atoms with E-state index in [9.17, 15) is 4.79 Å². The number of benzene rings is 1. The Morgan fingerprint density at radius 1 is 1.29 bits per heavy atom. The first-order chi connectivity index (χ1) is 8.08. The van der Waals surface area contributed by atoms with Gasteiger partial charge in [-0.25, -0.2) is 5.10 Å². The number of aromatic amines is 1. The van der Waals surface area contributed by atoms with Crippen LogP contribution in [-0.2, 0) is 0 Å². The Balaban J connectivity index is 2.41. The Labute approximate surface area is 104 Å². The SMILES string of the molecule is Cc1ccc(C)c(Nc2cn[nH]c(=O)c2Cl)c1. The second-order valence-corrected chi connectivity index (χ2v) is 4.25. The van der Waals surface area contributed by atoms with Crippen LogP contribution < -0.4 is 10.9 Å². The minimum atomic E-state index is -0.401. The Bertz CT molecular complexity index is 607. The Morgan fingerprint density at radius 2 is 2.06 bits per heavy atom. The van der Waals surface area contributed by atoms with Crippen molar-refractivity contribution in [3.63, 3.8) is 0 Å². The molecule has 2 rings (SSSR count). The first kappa shape index (κ1) is 11.7. The second-order valence-electron chi connectivity index (χ2n) is 3.87. The third kappa shape index (κ3) is 2.47. The predicted molar refractivity (Wildman–Crippen MR) is 69.1 cm³/mol. The monoisotopic (exact) mass is 249 g/mol. The summed E-state index contributed by atoms with van der Waals surface area (Å²) in [6.07, 6.45) is 1.49. The minimum Gasteiger partial charge on any atom is -0.353 e. The molecule has 0 bridgehead atoms. The number of aryl methyl sites for hydroxylation is 2. The van der Waals surface area contributed by atoms with Crippen LogP contribution in [0.15, 0.2) is 29.2 Å². The van der Waals surface area contributed by atoms with Gasteiger partial charge in [0.1, 0.15) is 5.02 Å². The van der Waals surface area contributed by atoms with Gasteiger partial charge in [0.2, 0.25) is 0 Å². The lowest BCUT2D eigenvalue weighted by Gasteiger charge is -2.10. The van der Waals surface area contributed by atoms with Gasteiger partial charge >= 0.3 is 0 Å². The number of aromatic nitrogens is 2. The van der Waals surface area contributed by atoms with E-state index in [0.717, 1.165) is 16.8 Å². The molecule has 0 atom stereocenters. The highest BCUT2D eigenvalue weighted by molar-refractivity contribution is 6.33. The van der Waals surface area contributed by atoms with Gasteiger partial charge in [-0.3, -0.25) is 4.79 Å². The van der Waals surface area contributed by atoms with Gasteiger partial charge in [0.05, 0.1) is 11.9 Å². The molecule has 0 radical (unpaired) electrons. The average molecular weight is 250 g/mol. The number of hydrogen-bond acceptors (Lipinski definition) is 3. The van der Waals surface area contributed by atoms with Gasteiger partial charge in [0.15, 0.2) is 0 Å². The molecule has 0 amide bonds. The van der Waals surface area contributed by atoms with Crippen molar-refractivity contribution in [2.45, 2.75) is 13.8 Å². The first-order valence-corrected chi connectivity index (χ1v) is 5.53. The Hall–Kier alpha value is -1.81. The maximum absolute atomic E-state index is 11.3. The smallest absolute Gasteiger partial charge is 0.285 e. The number of nitrogens with zero attached hydrogens (tertiary/aromatic N) is 1. The first-order valence-electron chi connectivity index (χ1n) is 5.15. The highest BCUT2D eigenvalue weighted by Gasteiger charge is 2.06. The van der Waals surface area contributed by atoms with Gasteiger partial charge in [-0.05, 0) is 31.0 Å². The van der Waals surface area contributed by atoms with E-state index in [-0.39, 0.29) is 5.02 Å². The van der Waals surface area contributed by atoms with Gasteiger partial charge in [0.25, 0.3) is 5.56 Å². The number of nitrogens with one attached hydrogen (secondary N) is 2. The zero-order valence-electron chi connectivity index (χ0n) is 9.54. The predicted octanol–water partition coefficient (Wildman–Crippen LogP) is 2.78. The molecule has 0 aliphatic rings. The fraction of sp³-hybridized carbons (Fsp3) is 0.167. The summed E-state index contributed by atoms with van der Waals surface area (Å²) in [6.45, 7) is 3.98. The van der Waals surface area contributed by atoms with Crippen LogP contribution >= 0.6 is 11.6 Å². The van der Waals surface area contributed by atoms with E-state index in [1.54, 1.807) is 0 Å². The third-order valence-electron chi connectivity index (χ3n) is 2.46. The largest absolute Gasteiger partial charge is 0.353 e. The molecule has 1 heterocycles. The fourth-order valence-corrected chi connectivity index (χ4v) is 1.62. The molecule has 17 heavy (non-hydrogen) atoms. The molecule has 1 aromatic carbocycles. The highest BCUT2D eigenvalue weighted by atomic mass is 35.5. The molecule has 0 spiro atoms. The number of rotatable bonds is 2. The Morgan fingerprint density at radius 3 is 2.82 bits per heavy atom. The molecule has 4 nitrogen and oxygen atoms in total. The normalized spacial score (nSPS) is 10.3. The van der Waals surface area contributed by atoms with Crippen molar-refractivity contribution in [1.82, 2.24) is 10.2 Å². The van der Waals surface area contributed by atoms with Crippen molar-refractivity contribution in [1.29, 1.82) is 0 Å². The molecule has 1 aromatic heterocycles. The molecule has 2 N–H and O–H groups in total. The lowest BCUT2D eigenvalue weighted by Crippen LogP contribution is -2.10. The zero-order valence-corrected chi connectivity index (χ0v) is 10.3. The van der Waals surface area contributed by atoms with Gasteiger partial charge in [0, 0.05) is 5.69 Å². The van der Waals surface area contributed by atoms with Crippen LogP contribution in [-0.4, -0.2) is 10.2 Å². The zero-order chi connectivity index (χ0) is 12.4. The molecule has 5 heteroatoms. The van der Waals surface area contributed by atoms with Crippen LogP contribution in [0.1, 0.15) is 11.1 Å². The van der Waals surface area contributed by atoms with Crippen LogP contribution in [0, 0.1) is 13.8 Å². The number of anilines is 2. The standard InChI is InChI=1S/C12H12ClN3O/c1-7-3-4-8(2)9(5-7)15-10-6-14-16-12(17)11(10)13/h3-6H,1-2H3,(H2,15,16,17). The van der Waals surface area contributed by atoms with Crippen LogP contribution in [0.25, 0.3) is 0 Å². The van der Waals surface area contributed by atoms with E-state index < -0.39 is 5.56 Å². The molecule has 0 aliphatic carbocycles. The third-order valence-corrected chi connectivity index (χ3v) is 2.83. The lowest BCUT2D eigenvalue weighted by molar-refractivity contribution is 0.990. The second kappa shape index (κ2) is 4.59. The van der Waals surface area contributed by atoms with E-state index in [1.807, 2.05) is 32.0 Å². The summed E-state index contributed by atoms with van der Waals surface area (Å²) in [5.74, 6) is 0. The summed E-state index contributed by atoms with van der Waals surface area (Å²) < 4.78 is 0. The number of H-pyrrole nitrogens is 1. The molecule has 0 saturated carbocycles. The fourth-order valence-electron chi connectivity index (χ4n) is 1.49. The van der Waals surface area contributed by atoms with Crippen molar-refractivity contribution in [2.75, 3.05) is 5.32 Å². The average Bonchev–Trinajstić information content (AvgIpc) is 2.30. The number of halogens is 1. The quantitative estimate of drug-likeness (QED) is 0.861. The van der Waals surface area contributed by atoms with Crippen LogP contribution in [0.2, 0.25) is 5.02 Å². The van der Waals surface area contributed by atoms with Crippen LogP contribution in [0.4, 0.5) is 11.4 Å². The van der Waals surface area contributed by atoms with Crippen molar-refractivity contribution < 1.29 is 0 Å². The van der Waals surface area contributed by atoms with Crippen LogP contribution in [0.5, 0.6) is 0 Å². The molecule has 88 valence electrons. The summed E-state index contributed by atoms with van der Waals surface area (Å²) in [7, 11) is 0. The molecule has 0 unspecified atom stereocenters. The van der Waals surface area contributed by atoms with Gasteiger partial charge in [-0.1, -0.05) is 23.7 Å². The van der Waals surface area contributed by atoms with E-state index in [4.69, 9.17) is 11.6 Å². The van der Waals surface area contributed by atoms with Gasteiger partial charge in [-0.15, -0.1) is 0 Å². The van der Waals surface area contributed by atoms with Gasteiger partial charge in [-0.2, -0.15) is 5.10 Å². The summed E-state index contributed by atoms with van der Waals surface area (Å²) in [4.78, 5) is 11.3. The van der Waals surface area contributed by atoms with Crippen LogP contribution in [0.3, 0.4) is 0 Å². The van der Waals surface area contributed by atoms with Crippen molar-refractivity contribution >= 4 is 23.0 Å². The Kier molecular flexibility index (Phi) is 3.15. The molecule has 2 aromatic rings. The highest BCUT2D eigenvalue weighted by Crippen LogP contribution is 2.24. The van der Waals surface area contributed by atoms with Crippen molar-refractivity contribution in [3.8, 4) is 0 Å². The molecule has 0 fully saturated rings. The van der Waals surface area contributed by atoms with E-state index in [1.165, 1.54) is 6.20 Å². The molecular weight excluding hydrogens is 238 g/mol. The summed E-state index contributed by atoms with van der Waals surface area (Å²) in [6, 6.07) is 6.02. The molecule has 0 aliphatic heterocycles. The van der Waals surface area contributed by atoms with E-state index in [0.29, 0.717) is 5.69 Å². The molecular formula is C12H12ClN3O. The maximum Gasteiger partial charge on any atom is 0.285 e. The van der Waals surface area contributed by atoms with Crippen molar-refractivity contribution in [2.24, 2.45) is 0 Å². The lowest BCUT2D eigenvalue weighted by atomic mass is 10.1. The van der Waals surface area contributed by atoms with Gasteiger partial charge < -0.3 is 5.32 Å². The maximum atomic E-state index is 11.3. The summed E-state index contributed by atoms with van der Waals surface area (Å²) >= 11 is 5.89. The minimum absolute atomic E-state index is 0.112. The van der Waals surface area contributed by atoms with E-state index >= 15 is 0 Å². The number of hydrogen-bond donors (Lipinski definition) is 2. The summed E-state index contributed by atoms with van der Waals surface area (Å²) in [5, 5.41) is 9.20. The van der Waals surface area contributed by atoms with Crippen molar-refractivity contribution in [3.05, 3.63) is 50.9 Å². The van der Waals surface area contributed by atoms with E-state index in [2.05, 4.69) is 15.5 Å². The molecule has 0 saturated heterocycles. The summed E-state index contributed by atoms with van der Waals surface area (Å²) in [5.41, 5.74) is 3.23. The topological polar surface area (TPSA) is 57.8 Å².